The Hall–Kier alpha value is -1.51. The standard InChI is InChI=1S/C13H18O3/c1-4-13(3,12(14)15)10-6-8-11(9-7-10)16-5-2/h6-9H,4-5H2,1-3H3,(H,14,15). The minimum Gasteiger partial charge on any atom is -0.494 e. The predicted octanol–water partition coefficient (Wildman–Crippen LogP) is 2.84. The van der Waals surface area contributed by atoms with Gasteiger partial charge < -0.3 is 9.84 Å². The van der Waals surface area contributed by atoms with Crippen molar-refractivity contribution in [3.8, 4) is 5.75 Å². The van der Waals surface area contributed by atoms with Gasteiger partial charge in [-0.25, -0.2) is 0 Å². The molecule has 0 saturated carbocycles. The average Bonchev–Trinajstić information content (AvgIpc) is 2.29. The Labute approximate surface area is 96.1 Å². The molecule has 0 aliphatic carbocycles. The van der Waals surface area contributed by atoms with Gasteiger partial charge in [0.15, 0.2) is 0 Å². The van der Waals surface area contributed by atoms with Crippen LogP contribution in [-0.2, 0) is 10.2 Å². The van der Waals surface area contributed by atoms with Gasteiger partial charge in [0.05, 0.1) is 12.0 Å². The summed E-state index contributed by atoms with van der Waals surface area (Å²) in [6, 6.07) is 7.27. The monoisotopic (exact) mass is 222 g/mol. The SMILES string of the molecule is CCOc1ccc(C(C)(CC)C(=O)O)cc1. The van der Waals surface area contributed by atoms with Crippen molar-refractivity contribution >= 4 is 5.97 Å². The Morgan fingerprint density at radius 1 is 1.31 bits per heavy atom. The van der Waals surface area contributed by atoms with Crippen molar-refractivity contribution in [3.05, 3.63) is 29.8 Å². The van der Waals surface area contributed by atoms with Crippen LogP contribution in [0.15, 0.2) is 24.3 Å². The van der Waals surface area contributed by atoms with Crippen LogP contribution in [-0.4, -0.2) is 17.7 Å². The summed E-state index contributed by atoms with van der Waals surface area (Å²) in [6.07, 6.45) is 0.566. The van der Waals surface area contributed by atoms with Gasteiger partial charge in [0, 0.05) is 0 Å². The van der Waals surface area contributed by atoms with Gasteiger partial charge in [-0.3, -0.25) is 4.79 Å². The first-order valence-corrected chi connectivity index (χ1v) is 5.51. The molecule has 0 heterocycles. The molecule has 16 heavy (non-hydrogen) atoms. The topological polar surface area (TPSA) is 46.5 Å². The van der Waals surface area contributed by atoms with Gasteiger partial charge in [-0.2, -0.15) is 0 Å². The number of carboxylic acids is 1. The van der Waals surface area contributed by atoms with Crippen LogP contribution in [0.2, 0.25) is 0 Å². The van der Waals surface area contributed by atoms with Gasteiger partial charge in [-0.1, -0.05) is 19.1 Å². The van der Waals surface area contributed by atoms with E-state index in [0.29, 0.717) is 13.0 Å². The molecule has 0 aliphatic rings. The van der Waals surface area contributed by atoms with Crippen molar-refractivity contribution in [1.82, 2.24) is 0 Å². The molecule has 1 aromatic carbocycles. The predicted molar refractivity (Wildman–Crippen MR) is 62.9 cm³/mol. The van der Waals surface area contributed by atoms with Crippen molar-refractivity contribution in [1.29, 1.82) is 0 Å². The summed E-state index contributed by atoms with van der Waals surface area (Å²) >= 11 is 0. The van der Waals surface area contributed by atoms with E-state index in [4.69, 9.17) is 4.74 Å². The molecule has 3 heteroatoms. The van der Waals surface area contributed by atoms with Gasteiger partial charge >= 0.3 is 5.97 Å². The van der Waals surface area contributed by atoms with Crippen LogP contribution in [0.25, 0.3) is 0 Å². The highest BCUT2D eigenvalue weighted by Crippen LogP contribution is 2.29. The van der Waals surface area contributed by atoms with E-state index in [0.717, 1.165) is 11.3 Å². The molecule has 1 atom stereocenters. The minimum atomic E-state index is -0.815. The highest BCUT2D eigenvalue weighted by atomic mass is 16.5. The van der Waals surface area contributed by atoms with Crippen LogP contribution in [0.5, 0.6) is 5.75 Å². The van der Waals surface area contributed by atoms with Gasteiger partial charge in [0.25, 0.3) is 0 Å². The molecule has 88 valence electrons. The summed E-state index contributed by atoms with van der Waals surface area (Å²) in [6.45, 7) is 6.15. The summed E-state index contributed by atoms with van der Waals surface area (Å²) in [7, 11) is 0. The fourth-order valence-corrected chi connectivity index (χ4v) is 1.56. The lowest BCUT2D eigenvalue weighted by Gasteiger charge is -2.23. The molecule has 1 unspecified atom stereocenters. The number of carbonyl (C=O) groups is 1. The van der Waals surface area contributed by atoms with E-state index in [2.05, 4.69) is 0 Å². The Morgan fingerprint density at radius 2 is 1.88 bits per heavy atom. The van der Waals surface area contributed by atoms with Crippen molar-refractivity contribution < 1.29 is 14.6 Å². The van der Waals surface area contributed by atoms with E-state index < -0.39 is 11.4 Å². The quantitative estimate of drug-likeness (QED) is 0.833. The van der Waals surface area contributed by atoms with Gasteiger partial charge in [0.2, 0.25) is 0 Å². The third-order valence-corrected chi connectivity index (χ3v) is 2.98. The number of hydrogen-bond donors (Lipinski definition) is 1. The molecule has 3 nitrogen and oxygen atoms in total. The maximum Gasteiger partial charge on any atom is 0.313 e. The van der Waals surface area contributed by atoms with Crippen LogP contribution in [0.1, 0.15) is 32.8 Å². The second-order valence-electron chi connectivity index (χ2n) is 3.95. The summed E-state index contributed by atoms with van der Waals surface area (Å²) in [5, 5.41) is 9.23. The second kappa shape index (κ2) is 5.01. The molecule has 0 aromatic heterocycles. The number of rotatable bonds is 5. The molecule has 0 fully saturated rings. The normalized spacial score (nSPS) is 14.2. The number of ether oxygens (including phenoxy) is 1. The molecular weight excluding hydrogens is 204 g/mol. The summed E-state index contributed by atoms with van der Waals surface area (Å²) in [4.78, 5) is 11.2. The van der Waals surface area contributed by atoms with Crippen LogP contribution >= 0.6 is 0 Å². The van der Waals surface area contributed by atoms with Crippen LogP contribution in [0.3, 0.4) is 0 Å². The number of aliphatic carboxylic acids is 1. The van der Waals surface area contributed by atoms with Crippen molar-refractivity contribution in [2.45, 2.75) is 32.6 Å². The lowest BCUT2D eigenvalue weighted by Crippen LogP contribution is -2.31. The number of benzene rings is 1. The molecule has 1 N–H and O–H groups in total. The third-order valence-electron chi connectivity index (χ3n) is 2.98. The molecule has 0 spiro atoms. The van der Waals surface area contributed by atoms with Crippen molar-refractivity contribution in [3.63, 3.8) is 0 Å². The Balaban J connectivity index is 2.99. The van der Waals surface area contributed by atoms with Crippen LogP contribution in [0, 0.1) is 0 Å². The zero-order valence-electron chi connectivity index (χ0n) is 9.99. The molecule has 0 amide bonds. The Bertz CT molecular complexity index is 356. The Morgan fingerprint density at radius 3 is 2.25 bits per heavy atom. The van der Waals surface area contributed by atoms with Gasteiger partial charge in [0.1, 0.15) is 5.75 Å². The fraction of sp³-hybridized carbons (Fsp3) is 0.462. The molecular formula is C13H18O3. The maximum atomic E-state index is 11.2. The van der Waals surface area contributed by atoms with E-state index in [9.17, 15) is 9.90 Å². The largest absolute Gasteiger partial charge is 0.494 e. The van der Waals surface area contributed by atoms with Crippen LogP contribution < -0.4 is 4.74 Å². The zero-order valence-corrected chi connectivity index (χ0v) is 9.99. The molecule has 0 aliphatic heterocycles. The number of hydrogen-bond acceptors (Lipinski definition) is 2. The highest BCUT2D eigenvalue weighted by Gasteiger charge is 2.32. The summed E-state index contributed by atoms with van der Waals surface area (Å²) in [5.74, 6) is -0.0192. The molecule has 1 rings (SSSR count). The molecule has 0 saturated heterocycles. The lowest BCUT2D eigenvalue weighted by molar-refractivity contribution is -0.143. The van der Waals surface area contributed by atoms with Crippen LogP contribution in [0.4, 0.5) is 0 Å². The fourth-order valence-electron chi connectivity index (χ4n) is 1.56. The van der Waals surface area contributed by atoms with Crippen molar-refractivity contribution in [2.24, 2.45) is 0 Å². The smallest absolute Gasteiger partial charge is 0.313 e. The highest BCUT2D eigenvalue weighted by molar-refractivity contribution is 5.80. The van der Waals surface area contributed by atoms with E-state index in [1.807, 2.05) is 38.1 Å². The van der Waals surface area contributed by atoms with Gasteiger partial charge in [-0.15, -0.1) is 0 Å². The lowest BCUT2D eigenvalue weighted by atomic mass is 9.80. The first-order chi connectivity index (χ1) is 7.54. The first kappa shape index (κ1) is 12.6. The van der Waals surface area contributed by atoms with Crippen molar-refractivity contribution in [2.75, 3.05) is 6.61 Å². The van der Waals surface area contributed by atoms with E-state index >= 15 is 0 Å². The minimum absolute atomic E-state index is 0.566. The van der Waals surface area contributed by atoms with E-state index in [-0.39, 0.29) is 0 Å². The van der Waals surface area contributed by atoms with E-state index in [1.165, 1.54) is 0 Å². The first-order valence-electron chi connectivity index (χ1n) is 5.51. The average molecular weight is 222 g/mol. The van der Waals surface area contributed by atoms with E-state index in [1.54, 1.807) is 6.92 Å². The second-order valence-corrected chi connectivity index (χ2v) is 3.95. The summed E-state index contributed by atoms with van der Waals surface area (Å²) < 4.78 is 5.32. The molecule has 0 bridgehead atoms. The Kier molecular flexibility index (Phi) is 3.93. The maximum absolute atomic E-state index is 11.2. The van der Waals surface area contributed by atoms with Gasteiger partial charge in [-0.05, 0) is 38.0 Å². The third kappa shape index (κ3) is 2.35. The molecule has 0 radical (unpaired) electrons. The zero-order chi connectivity index (χ0) is 12.2. The molecule has 1 aromatic rings. The summed E-state index contributed by atoms with van der Waals surface area (Å²) in [5.41, 5.74) is -0.00367. The number of carboxylic acid groups (broad SMARTS) is 1.